The fourth-order valence-electron chi connectivity index (χ4n) is 2.26. The molecule has 0 bridgehead atoms. The number of rotatable bonds is 4. The van der Waals surface area contributed by atoms with E-state index in [9.17, 15) is 14.5 Å². The van der Waals surface area contributed by atoms with Crippen LogP contribution in [0.1, 0.15) is 12.5 Å². The number of morpholine rings is 1. The summed E-state index contributed by atoms with van der Waals surface area (Å²) >= 11 is 0. The maximum atomic E-state index is 14.0. The van der Waals surface area contributed by atoms with Gasteiger partial charge in [0.1, 0.15) is 0 Å². The molecule has 2 N–H and O–H groups in total. The summed E-state index contributed by atoms with van der Waals surface area (Å²) in [7, 11) is 0. The van der Waals surface area contributed by atoms with Crippen molar-refractivity contribution in [1.82, 2.24) is 4.90 Å². The highest BCUT2D eigenvalue weighted by molar-refractivity contribution is 5.36. The lowest BCUT2D eigenvalue weighted by atomic mass is 10.1. The highest BCUT2D eigenvalue weighted by Gasteiger charge is 2.25. The van der Waals surface area contributed by atoms with Crippen LogP contribution in [0.2, 0.25) is 0 Å². The largest absolute Gasteiger partial charge is 0.374 e. The first-order valence-corrected chi connectivity index (χ1v) is 6.50. The Labute approximate surface area is 116 Å². The fraction of sp³-hybridized carbons (Fsp3) is 0.538. The highest BCUT2D eigenvalue weighted by Crippen LogP contribution is 2.22. The Bertz CT molecular complexity index is 496. The van der Waals surface area contributed by atoms with Gasteiger partial charge in [-0.15, -0.1) is 0 Å². The Morgan fingerprint density at radius 3 is 3.05 bits per heavy atom. The zero-order chi connectivity index (χ0) is 14.7. The molecule has 1 aliphatic heterocycles. The van der Waals surface area contributed by atoms with Crippen molar-refractivity contribution in [3.63, 3.8) is 0 Å². The third kappa shape index (κ3) is 3.30. The van der Waals surface area contributed by atoms with E-state index >= 15 is 0 Å². The predicted octanol–water partition coefficient (Wildman–Crippen LogP) is 1.28. The summed E-state index contributed by atoms with van der Waals surface area (Å²) in [6.07, 6.45) is -0.0921. The molecule has 2 atom stereocenters. The molecule has 1 fully saturated rings. The number of nitro groups is 1. The van der Waals surface area contributed by atoms with Crippen molar-refractivity contribution in [2.75, 3.05) is 19.7 Å². The molecule has 2 unspecified atom stereocenters. The average molecular weight is 283 g/mol. The Hall–Kier alpha value is -1.57. The number of nitro benzene ring substituents is 1. The zero-order valence-corrected chi connectivity index (χ0v) is 11.3. The first kappa shape index (κ1) is 14.8. The maximum absolute atomic E-state index is 14.0. The molecule has 1 aromatic rings. The molecule has 20 heavy (non-hydrogen) atoms. The minimum Gasteiger partial charge on any atom is -0.374 e. The van der Waals surface area contributed by atoms with Crippen LogP contribution >= 0.6 is 0 Å². The molecule has 1 aromatic carbocycles. The van der Waals surface area contributed by atoms with Gasteiger partial charge in [0.05, 0.1) is 17.6 Å². The summed E-state index contributed by atoms with van der Waals surface area (Å²) in [4.78, 5) is 12.0. The van der Waals surface area contributed by atoms with Crippen LogP contribution in [0, 0.1) is 15.9 Å². The molecule has 7 heteroatoms. The van der Waals surface area contributed by atoms with Crippen LogP contribution < -0.4 is 5.73 Å². The SMILES string of the molecule is CC(N)C1CN(Cc2cccc([N+](=O)[O-])c2F)CCO1. The van der Waals surface area contributed by atoms with Gasteiger partial charge in [-0.05, 0) is 6.92 Å². The van der Waals surface area contributed by atoms with Gasteiger partial charge in [0.2, 0.25) is 5.82 Å². The van der Waals surface area contributed by atoms with Crippen molar-refractivity contribution < 1.29 is 14.1 Å². The molecule has 0 aromatic heterocycles. The minimum atomic E-state index is -0.763. The molecule has 6 nitrogen and oxygen atoms in total. The third-order valence-corrected chi connectivity index (χ3v) is 3.41. The molecule has 0 radical (unpaired) electrons. The van der Waals surface area contributed by atoms with E-state index in [0.29, 0.717) is 31.8 Å². The number of hydrogen-bond donors (Lipinski definition) is 1. The van der Waals surface area contributed by atoms with Crippen molar-refractivity contribution in [2.45, 2.75) is 25.6 Å². The topological polar surface area (TPSA) is 81.6 Å². The van der Waals surface area contributed by atoms with Crippen LogP contribution in [0.25, 0.3) is 0 Å². The van der Waals surface area contributed by atoms with E-state index in [2.05, 4.69) is 0 Å². The quantitative estimate of drug-likeness (QED) is 0.665. The molecule has 1 heterocycles. The fourth-order valence-corrected chi connectivity index (χ4v) is 2.26. The molecule has 2 rings (SSSR count). The molecule has 0 amide bonds. The molecule has 0 spiro atoms. The molecular formula is C13H18FN3O3. The number of halogens is 1. The summed E-state index contributed by atoms with van der Waals surface area (Å²) in [6.45, 7) is 3.97. The number of ether oxygens (including phenoxy) is 1. The van der Waals surface area contributed by atoms with E-state index in [4.69, 9.17) is 10.5 Å². The first-order valence-electron chi connectivity index (χ1n) is 6.50. The predicted molar refractivity (Wildman–Crippen MR) is 71.7 cm³/mol. The van der Waals surface area contributed by atoms with Crippen molar-refractivity contribution in [1.29, 1.82) is 0 Å². The summed E-state index contributed by atoms with van der Waals surface area (Å²) in [5, 5.41) is 10.7. The van der Waals surface area contributed by atoms with Crippen LogP contribution in [-0.2, 0) is 11.3 Å². The van der Waals surface area contributed by atoms with Crippen LogP contribution in [-0.4, -0.2) is 41.7 Å². The van der Waals surface area contributed by atoms with Gasteiger partial charge in [0, 0.05) is 37.3 Å². The average Bonchev–Trinajstić information content (AvgIpc) is 2.41. The summed E-state index contributed by atoms with van der Waals surface area (Å²) in [5.74, 6) is -0.763. The Kier molecular flexibility index (Phi) is 4.64. The van der Waals surface area contributed by atoms with E-state index < -0.39 is 16.4 Å². The van der Waals surface area contributed by atoms with Crippen molar-refractivity contribution >= 4 is 5.69 Å². The van der Waals surface area contributed by atoms with Gasteiger partial charge < -0.3 is 10.5 Å². The van der Waals surface area contributed by atoms with Crippen LogP contribution in [0.3, 0.4) is 0 Å². The van der Waals surface area contributed by atoms with E-state index in [1.54, 1.807) is 6.07 Å². The Morgan fingerprint density at radius 2 is 2.40 bits per heavy atom. The molecular weight excluding hydrogens is 265 g/mol. The van der Waals surface area contributed by atoms with Crippen LogP contribution in [0.5, 0.6) is 0 Å². The standard InChI is InChI=1S/C13H18FN3O3/c1-9(15)12-8-16(5-6-20-12)7-10-3-2-4-11(13(10)14)17(18)19/h2-4,9,12H,5-8,15H2,1H3. The van der Waals surface area contributed by atoms with E-state index in [0.717, 1.165) is 0 Å². The number of nitrogens with zero attached hydrogens (tertiary/aromatic N) is 2. The van der Waals surface area contributed by atoms with Gasteiger partial charge in [-0.1, -0.05) is 12.1 Å². The second-order valence-electron chi connectivity index (χ2n) is 5.01. The number of benzene rings is 1. The summed E-state index contributed by atoms with van der Waals surface area (Å²) < 4.78 is 19.5. The summed E-state index contributed by atoms with van der Waals surface area (Å²) in [6, 6.07) is 4.13. The Balaban J connectivity index is 2.10. The lowest BCUT2D eigenvalue weighted by Gasteiger charge is -2.34. The van der Waals surface area contributed by atoms with Gasteiger partial charge in [0.25, 0.3) is 0 Å². The summed E-state index contributed by atoms with van der Waals surface area (Å²) in [5.41, 5.74) is 5.64. The molecule has 1 saturated heterocycles. The molecule has 0 saturated carbocycles. The number of hydrogen-bond acceptors (Lipinski definition) is 5. The maximum Gasteiger partial charge on any atom is 0.305 e. The molecule has 110 valence electrons. The second-order valence-corrected chi connectivity index (χ2v) is 5.01. The van der Waals surface area contributed by atoms with Crippen molar-refractivity contribution in [3.05, 3.63) is 39.7 Å². The molecule has 0 aliphatic carbocycles. The van der Waals surface area contributed by atoms with Crippen molar-refractivity contribution in [2.24, 2.45) is 5.73 Å². The number of nitrogens with two attached hydrogens (primary N) is 1. The zero-order valence-electron chi connectivity index (χ0n) is 11.3. The monoisotopic (exact) mass is 283 g/mol. The van der Waals surface area contributed by atoms with Crippen LogP contribution in [0.15, 0.2) is 18.2 Å². The van der Waals surface area contributed by atoms with E-state index in [1.807, 2.05) is 11.8 Å². The second kappa shape index (κ2) is 6.25. The van der Waals surface area contributed by atoms with E-state index in [1.165, 1.54) is 12.1 Å². The highest BCUT2D eigenvalue weighted by atomic mass is 19.1. The van der Waals surface area contributed by atoms with Crippen molar-refractivity contribution in [3.8, 4) is 0 Å². The first-order chi connectivity index (χ1) is 9.49. The normalized spacial score (nSPS) is 21.6. The van der Waals surface area contributed by atoms with Gasteiger partial charge in [0.15, 0.2) is 0 Å². The lowest BCUT2D eigenvalue weighted by molar-refractivity contribution is -0.387. The van der Waals surface area contributed by atoms with E-state index in [-0.39, 0.29) is 12.1 Å². The smallest absolute Gasteiger partial charge is 0.305 e. The minimum absolute atomic E-state index is 0.0921. The van der Waals surface area contributed by atoms with Crippen LogP contribution in [0.4, 0.5) is 10.1 Å². The Morgan fingerprint density at radius 1 is 1.65 bits per heavy atom. The third-order valence-electron chi connectivity index (χ3n) is 3.41. The lowest BCUT2D eigenvalue weighted by Crippen LogP contribution is -2.49. The van der Waals surface area contributed by atoms with Gasteiger partial charge in [-0.3, -0.25) is 15.0 Å². The van der Waals surface area contributed by atoms with Gasteiger partial charge >= 0.3 is 5.69 Å². The van der Waals surface area contributed by atoms with Gasteiger partial charge in [-0.25, -0.2) is 0 Å². The molecule has 1 aliphatic rings. The van der Waals surface area contributed by atoms with Gasteiger partial charge in [-0.2, -0.15) is 4.39 Å².